The molecule has 0 saturated carbocycles. The monoisotopic (exact) mass is 792 g/mol. The Labute approximate surface area is 363 Å². The number of anilines is 6. The molecule has 2 heteroatoms. The Hall–Kier alpha value is -6.64. The van der Waals surface area contributed by atoms with Crippen LogP contribution in [0.3, 0.4) is 0 Å². The summed E-state index contributed by atoms with van der Waals surface area (Å²) < 4.78 is 0. The van der Waals surface area contributed by atoms with E-state index in [1.165, 1.54) is 55.6 Å². The average Bonchev–Trinajstić information content (AvgIpc) is 3.49. The summed E-state index contributed by atoms with van der Waals surface area (Å²) in [4.78, 5) is 4.82. The van der Waals surface area contributed by atoms with Crippen LogP contribution in [0.1, 0.15) is 77.6 Å². The van der Waals surface area contributed by atoms with Gasteiger partial charge >= 0.3 is 0 Å². The highest BCUT2D eigenvalue weighted by Crippen LogP contribution is 2.52. The highest BCUT2D eigenvalue weighted by Gasteiger charge is 2.37. The topological polar surface area (TPSA) is 6.48 Å². The SMILES string of the molecule is CC(C)(C)c1ccc(N(c2ccc(-c3ccccc3)cc2)c2ccc3c(c2)C(C)(C)c2cc(N(c4ccc(-c5ccccc5)cc4)c4ccc(C(C)(C)C)cc4)ccc2-3)cc1. The average molecular weight is 793 g/mol. The number of hydrogen-bond acceptors (Lipinski definition) is 2. The minimum atomic E-state index is -0.242. The summed E-state index contributed by atoms with van der Waals surface area (Å²) in [6.07, 6.45) is 0. The van der Waals surface area contributed by atoms with Gasteiger partial charge in [0, 0.05) is 39.5 Å². The lowest BCUT2D eigenvalue weighted by molar-refractivity contribution is 0.590. The molecule has 0 unspecified atom stereocenters. The van der Waals surface area contributed by atoms with Gasteiger partial charge in [0.15, 0.2) is 0 Å². The largest absolute Gasteiger partial charge is 0.310 e. The van der Waals surface area contributed by atoms with Crippen molar-refractivity contribution in [2.75, 3.05) is 9.80 Å². The summed E-state index contributed by atoms with van der Waals surface area (Å²) in [6.45, 7) is 18.4. The first-order valence-corrected chi connectivity index (χ1v) is 21.7. The van der Waals surface area contributed by atoms with E-state index in [-0.39, 0.29) is 16.2 Å². The molecule has 1 aliphatic rings. The van der Waals surface area contributed by atoms with Crippen LogP contribution in [0, 0.1) is 0 Å². The third-order valence-electron chi connectivity index (χ3n) is 12.6. The summed E-state index contributed by atoms with van der Waals surface area (Å²) >= 11 is 0. The van der Waals surface area contributed by atoms with Gasteiger partial charge in [-0.05, 0) is 139 Å². The van der Waals surface area contributed by atoms with Crippen LogP contribution in [0.15, 0.2) is 194 Å². The maximum absolute atomic E-state index is 2.43. The van der Waals surface area contributed by atoms with Gasteiger partial charge in [-0.1, -0.05) is 177 Å². The van der Waals surface area contributed by atoms with E-state index in [1.807, 2.05) is 0 Å². The molecule has 8 aromatic rings. The number of benzene rings is 8. The van der Waals surface area contributed by atoms with Gasteiger partial charge in [0.05, 0.1) is 0 Å². The van der Waals surface area contributed by atoms with Crippen LogP contribution in [-0.2, 0) is 16.2 Å². The summed E-state index contributed by atoms with van der Waals surface area (Å²) in [5, 5.41) is 0. The van der Waals surface area contributed by atoms with Gasteiger partial charge in [-0.2, -0.15) is 0 Å². The predicted octanol–water partition coefficient (Wildman–Crippen LogP) is 16.9. The Morgan fingerprint density at radius 2 is 0.590 bits per heavy atom. The van der Waals surface area contributed by atoms with E-state index in [1.54, 1.807) is 0 Å². The molecule has 0 aliphatic heterocycles. The Kier molecular flexibility index (Phi) is 10.1. The van der Waals surface area contributed by atoms with Gasteiger partial charge in [0.25, 0.3) is 0 Å². The molecule has 0 saturated heterocycles. The number of nitrogens with zero attached hydrogens (tertiary/aromatic N) is 2. The molecule has 0 spiro atoms. The zero-order valence-corrected chi connectivity index (χ0v) is 36.9. The molecule has 0 N–H and O–H groups in total. The third-order valence-corrected chi connectivity index (χ3v) is 12.6. The zero-order valence-electron chi connectivity index (χ0n) is 36.9. The predicted molar refractivity (Wildman–Crippen MR) is 262 cm³/mol. The summed E-state index contributed by atoms with van der Waals surface area (Å²) in [5.74, 6) is 0. The lowest BCUT2D eigenvalue weighted by Crippen LogP contribution is -2.18. The Bertz CT molecular complexity index is 2590. The van der Waals surface area contributed by atoms with Crippen LogP contribution in [0.5, 0.6) is 0 Å². The number of rotatable bonds is 8. The standard InChI is InChI=1S/C59H56N2/c1-57(2,3)45-23-31-49(32-24-45)60(47-27-19-43(20-28-47)41-15-11-9-12-16-41)51-35-37-53-54-38-36-52(40-56(54)59(7,8)55(53)39-51)61(50-33-25-46(26-34-50)58(4,5)6)48-29-21-44(22-30-48)42-17-13-10-14-18-42/h9-40H,1-8H3. The smallest absolute Gasteiger partial charge is 0.0465 e. The summed E-state index contributed by atoms with van der Waals surface area (Å²) in [5.41, 5.74) is 19.5. The van der Waals surface area contributed by atoms with Gasteiger partial charge in [0.2, 0.25) is 0 Å². The highest BCUT2D eigenvalue weighted by molar-refractivity contribution is 5.89. The molecular formula is C59H56N2. The van der Waals surface area contributed by atoms with Gasteiger partial charge < -0.3 is 9.80 Å². The highest BCUT2D eigenvalue weighted by atomic mass is 15.1. The summed E-state index contributed by atoms with van der Waals surface area (Å²) in [7, 11) is 0. The van der Waals surface area contributed by atoms with E-state index < -0.39 is 0 Å². The molecule has 61 heavy (non-hydrogen) atoms. The van der Waals surface area contributed by atoms with E-state index in [0.29, 0.717) is 0 Å². The van der Waals surface area contributed by atoms with E-state index in [2.05, 4.69) is 259 Å². The first kappa shape index (κ1) is 39.8. The van der Waals surface area contributed by atoms with Crippen LogP contribution < -0.4 is 9.80 Å². The first-order valence-electron chi connectivity index (χ1n) is 21.7. The van der Waals surface area contributed by atoms with E-state index in [9.17, 15) is 0 Å². The second kappa shape index (κ2) is 15.4. The van der Waals surface area contributed by atoms with Crippen molar-refractivity contribution in [1.82, 2.24) is 0 Å². The molecule has 0 bridgehead atoms. The van der Waals surface area contributed by atoms with Crippen LogP contribution in [0.25, 0.3) is 33.4 Å². The molecule has 0 atom stereocenters. The molecule has 0 radical (unpaired) electrons. The lowest BCUT2D eigenvalue weighted by Gasteiger charge is -2.30. The van der Waals surface area contributed by atoms with Crippen molar-refractivity contribution in [3.63, 3.8) is 0 Å². The van der Waals surface area contributed by atoms with Crippen LogP contribution >= 0.6 is 0 Å². The molecule has 0 heterocycles. The van der Waals surface area contributed by atoms with Crippen molar-refractivity contribution in [1.29, 1.82) is 0 Å². The van der Waals surface area contributed by atoms with Crippen molar-refractivity contribution in [3.05, 3.63) is 216 Å². The second-order valence-electron chi connectivity index (χ2n) is 19.2. The fourth-order valence-electron chi connectivity index (χ4n) is 8.97. The molecule has 0 aromatic heterocycles. The molecular weight excluding hydrogens is 737 g/mol. The van der Waals surface area contributed by atoms with E-state index in [0.717, 1.165) is 34.1 Å². The molecule has 0 amide bonds. The van der Waals surface area contributed by atoms with Crippen molar-refractivity contribution in [3.8, 4) is 33.4 Å². The normalized spacial score (nSPS) is 13.0. The van der Waals surface area contributed by atoms with E-state index >= 15 is 0 Å². The molecule has 9 rings (SSSR count). The molecule has 2 nitrogen and oxygen atoms in total. The molecule has 302 valence electrons. The molecule has 0 fully saturated rings. The maximum atomic E-state index is 2.43. The number of hydrogen-bond donors (Lipinski definition) is 0. The Morgan fingerprint density at radius 1 is 0.311 bits per heavy atom. The third kappa shape index (κ3) is 7.68. The van der Waals surface area contributed by atoms with Crippen molar-refractivity contribution in [2.24, 2.45) is 0 Å². The summed E-state index contributed by atoms with van der Waals surface area (Å²) in [6, 6.07) is 71.7. The quantitative estimate of drug-likeness (QED) is 0.151. The fraction of sp³-hybridized carbons (Fsp3) is 0.186. The lowest BCUT2D eigenvalue weighted by atomic mass is 9.82. The Morgan fingerprint density at radius 3 is 0.902 bits per heavy atom. The minimum absolute atomic E-state index is 0.0694. The molecule has 8 aromatic carbocycles. The van der Waals surface area contributed by atoms with Crippen LogP contribution in [0.4, 0.5) is 34.1 Å². The van der Waals surface area contributed by atoms with Crippen LogP contribution in [0.2, 0.25) is 0 Å². The first-order chi connectivity index (χ1) is 29.3. The fourth-order valence-corrected chi connectivity index (χ4v) is 8.97. The number of fused-ring (bicyclic) bond motifs is 3. The van der Waals surface area contributed by atoms with Crippen molar-refractivity contribution in [2.45, 2.75) is 71.6 Å². The van der Waals surface area contributed by atoms with Crippen molar-refractivity contribution < 1.29 is 0 Å². The second-order valence-corrected chi connectivity index (χ2v) is 19.2. The van der Waals surface area contributed by atoms with Gasteiger partial charge in [-0.3, -0.25) is 0 Å². The zero-order chi connectivity index (χ0) is 42.5. The minimum Gasteiger partial charge on any atom is -0.310 e. The van der Waals surface area contributed by atoms with Crippen molar-refractivity contribution >= 4 is 34.1 Å². The van der Waals surface area contributed by atoms with E-state index in [4.69, 9.17) is 0 Å². The Balaban J connectivity index is 1.12. The molecule has 1 aliphatic carbocycles. The van der Waals surface area contributed by atoms with Gasteiger partial charge in [-0.15, -0.1) is 0 Å². The maximum Gasteiger partial charge on any atom is 0.0465 e. The van der Waals surface area contributed by atoms with Crippen LogP contribution in [-0.4, -0.2) is 0 Å². The van der Waals surface area contributed by atoms with Gasteiger partial charge in [-0.25, -0.2) is 0 Å². The van der Waals surface area contributed by atoms with Gasteiger partial charge in [0.1, 0.15) is 0 Å².